The molecule has 202 valence electrons. The van der Waals surface area contributed by atoms with E-state index >= 15 is 0 Å². The number of halogens is 1. The fraction of sp³-hybridized carbons (Fsp3) is 0.185. The molecule has 0 spiro atoms. The Labute approximate surface area is 233 Å². The third-order valence-electron chi connectivity index (χ3n) is 6.63. The molecule has 2 aliphatic heterocycles. The quantitative estimate of drug-likeness (QED) is 0.208. The van der Waals surface area contributed by atoms with Gasteiger partial charge in [-0.15, -0.1) is 0 Å². The number of hydrogen-bond donors (Lipinski definition) is 4. The van der Waals surface area contributed by atoms with Crippen molar-refractivity contribution in [2.45, 2.75) is 18.9 Å². The summed E-state index contributed by atoms with van der Waals surface area (Å²) in [6, 6.07) is 13.9. The van der Waals surface area contributed by atoms with Crippen molar-refractivity contribution >= 4 is 58.5 Å². The molecule has 4 aromatic rings. The van der Waals surface area contributed by atoms with Gasteiger partial charge in [0.25, 0.3) is 11.8 Å². The molecule has 4 amide bonds. The van der Waals surface area contributed by atoms with E-state index in [-0.39, 0.29) is 17.6 Å². The van der Waals surface area contributed by atoms with Crippen molar-refractivity contribution in [1.29, 1.82) is 0 Å². The fourth-order valence-corrected chi connectivity index (χ4v) is 4.88. The molecule has 0 bridgehead atoms. The van der Waals surface area contributed by atoms with Gasteiger partial charge < -0.3 is 20.9 Å². The van der Waals surface area contributed by atoms with Crippen LogP contribution in [0.3, 0.4) is 0 Å². The Hall–Kier alpha value is -4.97. The molecule has 3 aromatic heterocycles. The second-order valence-corrected chi connectivity index (χ2v) is 9.83. The Kier molecular flexibility index (Phi) is 6.74. The third kappa shape index (κ3) is 5.29. The molecule has 1 aromatic carbocycles. The van der Waals surface area contributed by atoms with Crippen molar-refractivity contribution < 1.29 is 14.4 Å². The van der Waals surface area contributed by atoms with E-state index in [1.165, 1.54) is 6.08 Å². The van der Waals surface area contributed by atoms with E-state index in [0.29, 0.717) is 46.7 Å². The summed E-state index contributed by atoms with van der Waals surface area (Å²) in [5.74, 6) is 0.600. The van der Waals surface area contributed by atoms with Crippen LogP contribution in [-0.2, 0) is 4.79 Å². The molecule has 5 heterocycles. The smallest absolute Gasteiger partial charge is 0.326 e. The van der Waals surface area contributed by atoms with Crippen LogP contribution >= 0.6 is 11.6 Å². The molecule has 6 rings (SSSR count). The average Bonchev–Trinajstić information content (AvgIpc) is 3.50. The highest BCUT2D eigenvalue weighted by molar-refractivity contribution is 6.30. The molecule has 13 heteroatoms. The molecule has 0 unspecified atom stereocenters. The lowest BCUT2D eigenvalue weighted by Gasteiger charge is -2.32. The highest BCUT2D eigenvalue weighted by Crippen LogP contribution is 2.26. The zero-order chi connectivity index (χ0) is 27.6. The number of carbonyl (C=O) groups excluding carboxylic acids is 3. The van der Waals surface area contributed by atoms with Gasteiger partial charge in [0.15, 0.2) is 5.65 Å². The minimum absolute atomic E-state index is 0.0725. The largest absolute Gasteiger partial charge is 0.367 e. The van der Waals surface area contributed by atoms with Gasteiger partial charge in [0.2, 0.25) is 0 Å². The van der Waals surface area contributed by atoms with Crippen molar-refractivity contribution in [3.63, 3.8) is 0 Å². The molecule has 2 fully saturated rings. The van der Waals surface area contributed by atoms with E-state index in [1.54, 1.807) is 47.2 Å². The third-order valence-corrected chi connectivity index (χ3v) is 6.87. The molecule has 40 heavy (non-hydrogen) atoms. The summed E-state index contributed by atoms with van der Waals surface area (Å²) >= 11 is 6.17. The molecule has 2 saturated heterocycles. The van der Waals surface area contributed by atoms with Crippen LogP contribution in [0.5, 0.6) is 0 Å². The van der Waals surface area contributed by atoms with E-state index in [1.807, 2.05) is 23.1 Å². The Balaban J connectivity index is 1.27. The van der Waals surface area contributed by atoms with Crippen LogP contribution in [0, 0.1) is 0 Å². The van der Waals surface area contributed by atoms with Gasteiger partial charge in [0.1, 0.15) is 23.0 Å². The first-order valence-corrected chi connectivity index (χ1v) is 13.0. The summed E-state index contributed by atoms with van der Waals surface area (Å²) in [5, 5.41) is 16.6. The number of fused-ring (bicyclic) bond motifs is 1. The van der Waals surface area contributed by atoms with Gasteiger partial charge in [-0.1, -0.05) is 23.7 Å². The van der Waals surface area contributed by atoms with E-state index < -0.39 is 11.9 Å². The van der Waals surface area contributed by atoms with Crippen molar-refractivity contribution in [2.24, 2.45) is 0 Å². The summed E-state index contributed by atoms with van der Waals surface area (Å²) in [6.07, 6.45) is 6.18. The number of anilines is 3. The van der Waals surface area contributed by atoms with Crippen LogP contribution in [0.25, 0.3) is 11.7 Å². The number of likely N-dealkylation sites (tertiary alicyclic amines) is 1. The van der Waals surface area contributed by atoms with Gasteiger partial charge in [-0.05, 0) is 49.2 Å². The predicted molar refractivity (Wildman–Crippen MR) is 149 cm³/mol. The Morgan fingerprint density at radius 2 is 1.93 bits per heavy atom. The zero-order valence-electron chi connectivity index (χ0n) is 21.1. The number of carbonyl (C=O) groups is 3. The number of rotatable bonds is 6. The van der Waals surface area contributed by atoms with Crippen molar-refractivity contribution in [2.75, 3.05) is 23.7 Å². The lowest BCUT2D eigenvalue weighted by molar-refractivity contribution is -0.115. The number of imide groups is 1. The summed E-state index contributed by atoms with van der Waals surface area (Å²) in [4.78, 5) is 47.2. The van der Waals surface area contributed by atoms with Crippen LogP contribution in [-0.4, -0.2) is 61.5 Å². The second kappa shape index (κ2) is 10.7. The summed E-state index contributed by atoms with van der Waals surface area (Å²) in [6.45, 7) is 1.17. The van der Waals surface area contributed by atoms with Crippen LogP contribution in [0.1, 0.15) is 28.9 Å². The SMILES string of the molecule is O=C1NC(=O)/C(=C/c2cnn3c(NC4CCN(C(=O)c5ccccn5)CC4)cc(Nc4cccc(Cl)c4)nc23)N1. The summed E-state index contributed by atoms with van der Waals surface area (Å²) < 4.78 is 1.65. The van der Waals surface area contributed by atoms with E-state index in [0.717, 1.165) is 18.5 Å². The number of nitrogens with one attached hydrogen (secondary N) is 4. The van der Waals surface area contributed by atoms with Gasteiger partial charge in [0.05, 0.1) is 6.20 Å². The van der Waals surface area contributed by atoms with E-state index in [4.69, 9.17) is 16.6 Å². The number of piperidine rings is 1. The number of pyridine rings is 1. The Morgan fingerprint density at radius 1 is 1.07 bits per heavy atom. The van der Waals surface area contributed by atoms with Crippen LogP contribution < -0.4 is 21.3 Å². The number of benzene rings is 1. The zero-order valence-corrected chi connectivity index (χ0v) is 21.9. The molecule has 0 aliphatic carbocycles. The van der Waals surface area contributed by atoms with Crippen LogP contribution in [0.4, 0.5) is 22.1 Å². The maximum Gasteiger partial charge on any atom is 0.326 e. The van der Waals surface area contributed by atoms with Gasteiger partial charge in [-0.3, -0.25) is 19.9 Å². The first kappa shape index (κ1) is 25.3. The topological polar surface area (TPSA) is 146 Å². The number of urea groups is 1. The minimum Gasteiger partial charge on any atom is -0.367 e. The molecule has 0 saturated carbocycles. The Bertz CT molecular complexity index is 1650. The van der Waals surface area contributed by atoms with Gasteiger partial charge >= 0.3 is 6.03 Å². The highest BCUT2D eigenvalue weighted by atomic mass is 35.5. The van der Waals surface area contributed by atoms with E-state index in [9.17, 15) is 14.4 Å². The molecule has 0 radical (unpaired) electrons. The normalized spacial score (nSPS) is 16.7. The summed E-state index contributed by atoms with van der Waals surface area (Å²) in [5.41, 5.74) is 2.30. The van der Waals surface area contributed by atoms with Crippen LogP contribution in [0.15, 0.2) is 66.6 Å². The van der Waals surface area contributed by atoms with Gasteiger partial charge in [-0.2, -0.15) is 9.61 Å². The number of nitrogens with zero attached hydrogens (tertiary/aromatic N) is 5. The molecule has 2 aliphatic rings. The molecule has 4 N–H and O–H groups in total. The maximum atomic E-state index is 12.8. The summed E-state index contributed by atoms with van der Waals surface area (Å²) in [7, 11) is 0. The van der Waals surface area contributed by atoms with E-state index in [2.05, 4.69) is 31.3 Å². The standard InChI is InChI=1S/C27H24ClN9O3/c28-17-4-3-5-19(13-17)31-22-14-23(32-18-7-10-36(11-8-18)26(39)20-6-1-2-9-29-20)37-24(34-22)16(15-30-37)12-21-25(38)35-27(40)33-21/h1-6,9,12-15,18,32H,7-8,10-11H2,(H,31,34)(H2,33,35,38,40)/b21-12-. The first-order valence-electron chi connectivity index (χ1n) is 12.7. The monoisotopic (exact) mass is 557 g/mol. The first-order chi connectivity index (χ1) is 19.4. The van der Waals surface area contributed by atoms with Gasteiger partial charge in [0, 0.05) is 47.7 Å². The molecular formula is C27H24ClN9O3. The highest BCUT2D eigenvalue weighted by Gasteiger charge is 2.26. The van der Waals surface area contributed by atoms with Crippen molar-refractivity contribution in [3.05, 3.63) is 82.9 Å². The second-order valence-electron chi connectivity index (χ2n) is 9.39. The minimum atomic E-state index is -0.584. The number of amides is 4. The van der Waals surface area contributed by atoms with Gasteiger partial charge in [-0.25, -0.2) is 9.78 Å². The molecule has 12 nitrogen and oxygen atoms in total. The molecular weight excluding hydrogens is 534 g/mol. The predicted octanol–water partition coefficient (Wildman–Crippen LogP) is 3.42. The number of hydrogen-bond acceptors (Lipinski definition) is 8. The van der Waals surface area contributed by atoms with Crippen molar-refractivity contribution in [3.8, 4) is 0 Å². The fourth-order valence-electron chi connectivity index (χ4n) is 4.69. The molecule has 0 atom stereocenters. The van der Waals surface area contributed by atoms with Crippen LogP contribution in [0.2, 0.25) is 5.02 Å². The van der Waals surface area contributed by atoms with Crippen molar-refractivity contribution in [1.82, 2.24) is 35.1 Å². The average molecular weight is 558 g/mol. The maximum absolute atomic E-state index is 12.8. The lowest BCUT2D eigenvalue weighted by Crippen LogP contribution is -2.42. The number of aromatic nitrogens is 4. The lowest BCUT2D eigenvalue weighted by atomic mass is 10.0. The Morgan fingerprint density at radius 3 is 2.65 bits per heavy atom.